The minimum atomic E-state index is -0.0937. The highest BCUT2D eigenvalue weighted by Crippen LogP contribution is 2.14. The Morgan fingerprint density at radius 3 is 2.86 bits per heavy atom. The molecule has 0 saturated carbocycles. The van der Waals surface area contributed by atoms with Crippen LogP contribution in [0.15, 0.2) is 0 Å². The molecule has 3 nitrogen and oxygen atoms in total. The third kappa shape index (κ3) is 3.24. The van der Waals surface area contributed by atoms with Gasteiger partial charge in [-0.2, -0.15) is 0 Å². The maximum Gasteiger partial charge on any atom is 0.236 e. The Hall–Kier alpha value is -0.0900. The van der Waals surface area contributed by atoms with Crippen molar-refractivity contribution in [2.45, 2.75) is 37.6 Å². The quantitative estimate of drug-likeness (QED) is 0.724. The van der Waals surface area contributed by atoms with Crippen molar-refractivity contribution in [2.75, 3.05) is 19.7 Å². The van der Waals surface area contributed by atoms with Gasteiger partial charge in [0.15, 0.2) is 0 Å². The number of hydrogen-bond donors (Lipinski definition) is 0. The van der Waals surface area contributed by atoms with Crippen LogP contribution in [0, 0.1) is 0 Å². The first-order chi connectivity index (χ1) is 6.65. The Balaban J connectivity index is 2.41. The van der Waals surface area contributed by atoms with E-state index in [-0.39, 0.29) is 16.8 Å². The van der Waals surface area contributed by atoms with Crippen LogP contribution in [-0.2, 0) is 9.53 Å². The van der Waals surface area contributed by atoms with E-state index in [2.05, 4.69) is 15.9 Å². The molecular weight excluding hydrogens is 246 g/mol. The molecule has 1 heterocycles. The fraction of sp³-hybridized carbons (Fsp3) is 0.900. The zero-order valence-electron chi connectivity index (χ0n) is 8.83. The van der Waals surface area contributed by atoms with Crippen LogP contribution in [0.25, 0.3) is 0 Å². The molecule has 1 aliphatic rings. The van der Waals surface area contributed by atoms with Crippen LogP contribution in [-0.4, -0.2) is 41.4 Å². The van der Waals surface area contributed by atoms with Crippen molar-refractivity contribution in [2.24, 2.45) is 0 Å². The molecular formula is C10H18BrNO2. The number of halogens is 1. The van der Waals surface area contributed by atoms with Crippen molar-refractivity contribution in [3.05, 3.63) is 0 Å². The predicted octanol–water partition coefficient (Wildman–Crippen LogP) is 1.80. The van der Waals surface area contributed by atoms with Gasteiger partial charge in [-0.15, -0.1) is 0 Å². The maximum atomic E-state index is 11.7. The van der Waals surface area contributed by atoms with Gasteiger partial charge in [0, 0.05) is 19.7 Å². The lowest BCUT2D eigenvalue weighted by molar-refractivity contribution is -0.131. The van der Waals surface area contributed by atoms with Crippen molar-refractivity contribution in [3.63, 3.8) is 0 Å². The molecule has 0 aromatic carbocycles. The van der Waals surface area contributed by atoms with E-state index in [1.165, 1.54) is 0 Å². The van der Waals surface area contributed by atoms with E-state index in [1.54, 1.807) is 0 Å². The second-order valence-corrected chi connectivity index (χ2v) is 5.00. The molecule has 0 aliphatic carbocycles. The van der Waals surface area contributed by atoms with Gasteiger partial charge in [0.2, 0.25) is 5.91 Å². The molecule has 0 N–H and O–H groups in total. The third-order valence-electron chi connectivity index (χ3n) is 2.48. The second kappa shape index (κ2) is 5.71. The van der Waals surface area contributed by atoms with Crippen LogP contribution in [0.1, 0.15) is 26.7 Å². The molecule has 1 aliphatic heterocycles. The average Bonchev–Trinajstić information content (AvgIpc) is 2.65. The van der Waals surface area contributed by atoms with Crippen molar-refractivity contribution in [1.29, 1.82) is 0 Å². The monoisotopic (exact) mass is 263 g/mol. The Bertz CT molecular complexity index is 191. The van der Waals surface area contributed by atoms with E-state index in [4.69, 9.17) is 4.74 Å². The number of carbonyl (C=O) groups excluding carboxylic acids is 1. The Morgan fingerprint density at radius 2 is 2.43 bits per heavy atom. The zero-order chi connectivity index (χ0) is 10.6. The first kappa shape index (κ1) is 12.0. The largest absolute Gasteiger partial charge is 0.376 e. The van der Waals surface area contributed by atoms with Crippen molar-refractivity contribution in [3.8, 4) is 0 Å². The molecule has 14 heavy (non-hydrogen) atoms. The fourth-order valence-corrected chi connectivity index (χ4v) is 1.95. The van der Waals surface area contributed by atoms with Crippen LogP contribution in [0.4, 0.5) is 0 Å². The van der Waals surface area contributed by atoms with E-state index < -0.39 is 0 Å². The summed E-state index contributed by atoms with van der Waals surface area (Å²) in [6, 6.07) is 0. The summed E-state index contributed by atoms with van der Waals surface area (Å²) >= 11 is 3.30. The van der Waals surface area contributed by atoms with E-state index in [1.807, 2.05) is 18.7 Å². The molecule has 0 radical (unpaired) electrons. The van der Waals surface area contributed by atoms with Gasteiger partial charge in [0.1, 0.15) is 0 Å². The predicted molar refractivity (Wildman–Crippen MR) is 59.6 cm³/mol. The van der Waals surface area contributed by atoms with Crippen molar-refractivity contribution in [1.82, 2.24) is 4.90 Å². The van der Waals surface area contributed by atoms with E-state index in [9.17, 15) is 4.79 Å². The number of carbonyl (C=O) groups is 1. The number of nitrogens with zero attached hydrogens (tertiary/aromatic N) is 1. The number of rotatable bonds is 4. The summed E-state index contributed by atoms with van der Waals surface area (Å²) in [5.74, 6) is 0.156. The van der Waals surface area contributed by atoms with Gasteiger partial charge in [-0.1, -0.05) is 15.9 Å². The minimum Gasteiger partial charge on any atom is -0.376 e. The van der Waals surface area contributed by atoms with Crippen LogP contribution < -0.4 is 0 Å². The van der Waals surface area contributed by atoms with Gasteiger partial charge >= 0.3 is 0 Å². The van der Waals surface area contributed by atoms with Crippen LogP contribution in [0.2, 0.25) is 0 Å². The van der Waals surface area contributed by atoms with Crippen LogP contribution >= 0.6 is 15.9 Å². The van der Waals surface area contributed by atoms with Gasteiger partial charge < -0.3 is 9.64 Å². The fourth-order valence-electron chi connectivity index (χ4n) is 1.66. The number of likely N-dealkylation sites (N-methyl/N-ethyl adjacent to an activating group) is 1. The molecule has 0 bridgehead atoms. The van der Waals surface area contributed by atoms with Gasteiger partial charge in [0.05, 0.1) is 10.9 Å². The zero-order valence-corrected chi connectivity index (χ0v) is 10.4. The first-order valence-electron chi connectivity index (χ1n) is 5.19. The van der Waals surface area contributed by atoms with Gasteiger partial charge in [-0.05, 0) is 26.7 Å². The highest BCUT2D eigenvalue weighted by Gasteiger charge is 2.23. The SMILES string of the molecule is CCN(CC1CCCO1)C(=O)C(C)Br. The van der Waals surface area contributed by atoms with Crippen LogP contribution in [0.5, 0.6) is 0 Å². The van der Waals surface area contributed by atoms with E-state index >= 15 is 0 Å². The Kier molecular flexibility index (Phi) is 4.89. The molecule has 1 saturated heterocycles. The summed E-state index contributed by atoms with van der Waals surface area (Å²) in [7, 11) is 0. The lowest BCUT2D eigenvalue weighted by Crippen LogP contribution is -2.40. The summed E-state index contributed by atoms with van der Waals surface area (Å²) in [4.78, 5) is 13.4. The summed E-state index contributed by atoms with van der Waals surface area (Å²) in [6.07, 6.45) is 2.46. The number of hydrogen-bond acceptors (Lipinski definition) is 2. The summed E-state index contributed by atoms with van der Waals surface area (Å²) in [5.41, 5.74) is 0. The second-order valence-electron chi connectivity index (χ2n) is 3.63. The van der Waals surface area contributed by atoms with E-state index in [0.29, 0.717) is 0 Å². The maximum absolute atomic E-state index is 11.7. The summed E-state index contributed by atoms with van der Waals surface area (Å²) in [6.45, 7) is 6.21. The van der Waals surface area contributed by atoms with Gasteiger partial charge in [-0.25, -0.2) is 0 Å². The smallest absolute Gasteiger partial charge is 0.236 e. The highest BCUT2D eigenvalue weighted by molar-refractivity contribution is 9.10. The third-order valence-corrected chi connectivity index (χ3v) is 2.87. The van der Waals surface area contributed by atoms with Gasteiger partial charge in [-0.3, -0.25) is 4.79 Å². The molecule has 1 amide bonds. The lowest BCUT2D eigenvalue weighted by atomic mass is 10.2. The molecule has 0 spiro atoms. The lowest BCUT2D eigenvalue weighted by Gasteiger charge is -2.25. The molecule has 4 heteroatoms. The van der Waals surface area contributed by atoms with Gasteiger partial charge in [0.25, 0.3) is 0 Å². The normalized spacial score (nSPS) is 23.5. The Morgan fingerprint density at radius 1 is 1.71 bits per heavy atom. The molecule has 2 atom stereocenters. The number of alkyl halides is 1. The molecule has 2 unspecified atom stereocenters. The first-order valence-corrected chi connectivity index (χ1v) is 6.11. The topological polar surface area (TPSA) is 29.5 Å². The van der Waals surface area contributed by atoms with Crippen molar-refractivity contribution < 1.29 is 9.53 Å². The molecule has 1 fully saturated rings. The molecule has 82 valence electrons. The molecule has 0 aromatic heterocycles. The molecule has 1 rings (SSSR count). The molecule has 0 aromatic rings. The van der Waals surface area contributed by atoms with Crippen LogP contribution in [0.3, 0.4) is 0 Å². The van der Waals surface area contributed by atoms with E-state index in [0.717, 1.165) is 32.5 Å². The average molecular weight is 264 g/mol. The number of amides is 1. The highest BCUT2D eigenvalue weighted by atomic mass is 79.9. The minimum absolute atomic E-state index is 0.0937. The number of ether oxygens (including phenoxy) is 1. The van der Waals surface area contributed by atoms with Crippen molar-refractivity contribution >= 4 is 21.8 Å². The standard InChI is InChI=1S/C10H18BrNO2/c1-3-12(10(13)8(2)11)7-9-5-4-6-14-9/h8-9H,3-7H2,1-2H3. The Labute approximate surface area is 93.9 Å². The summed E-state index contributed by atoms with van der Waals surface area (Å²) < 4.78 is 5.51. The summed E-state index contributed by atoms with van der Waals surface area (Å²) in [5, 5.41) is 0.